The summed E-state index contributed by atoms with van der Waals surface area (Å²) in [6.07, 6.45) is 6.59. The first kappa shape index (κ1) is 9.83. The van der Waals surface area contributed by atoms with E-state index in [1.165, 1.54) is 0 Å². The second-order valence-electron chi connectivity index (χ2n) is 5.32. The van der Waals surface area contributed by atoms with Gasteiger partial charge < -0.3 is 18.9 Å². The van der Waals surface area contributed by atoms with Crippen LogP contribution in [0.4, 0.5) is 0 Å². The van der Waals surface area contributed by atoms with Crippen molar-refractivity contribution in [3.05, 3.63) is 0 Å². The van der Waals surface area contributed by atoms with Crippen LogP contribution in [0, 0.1) is 0 Å². The molecule has 4 saturated heterocycles. The minimum atomic E-state index is 0.304. The van der Waals surface area contributed by atoms with E-state index in [4.69, 9.17) is 18.9 Å². The van der Waals surface area contributed by atoms with Crippen LogP contribution in [0.5, 0.6) is 0 Å². The van der Waals surface area contributed by atoms with Gasteiger partial charge in [-0.05, 0) is 25.7 Å². The molecule has 0 N–H and O–H groups in total. The van der Waals surface area contributed by atoms with Crippen molar-refractivity contribution in [1.82, 2.24) is 0 Å². The molecule has 4 fully saturated rings. The van der Waals surface area contributed by atoms with Gasteiger partial charge in [0.05, 0.1) is 37.6 Å². The minimum absolute atomic E-state index is 0.304. The monoisotopic (exact) mass is 226 g/mol. The first-order valence-electron chi connectivity index (χ1n) is 6.44. The highest BCUT2D eigenvalue weighted by molar-refractivity contribution is 4.93. The Morgan fingerprint density at radius 1 is 0.500 bits per heavy atom. The Kier molecular flexibility index (Phi) is 2.25. The quantitative estimate of drug-likeness (QED) is 0.670. The Bertz CT molecular complexity index is 246. The van der Waals surface area contributed by atoms with Crippen molar-refractivity contribution in [3.63, 3.8) is 0 Å². The predicted octanol–water partition coefficient (Wildman–Crippen LogP) is 0.879. The normalized spacial score (nSPS) is 55.5. The Balaban J connectivity index is 1.33. The lowest BCUT2D eigenvalue weighted by Crippen LogP contribution is -2.29. The summed E-state index contributed by atoms with van der Waals surface area (Å²) < 4.78 is 22.6. The van der Waals surface area contributed by atoms with Crippen LogP contribution in [0.25, 0.3) is 0 Å². The second kappa shape index (κ2) is 3.67. The summed E-state index contributed by atoms with van der Waals surface area (Å²) in [4.78, 5) is 0. The van der Waals surface area contributed by atoms with Crippen molar-refractivity contribution < 1.29 is 18.9 Å². The van der Waals surface area contributed by atoms with Gasteiger partial charge in [-0.2, -0.15) is 0 Å². The molecule has 4 aliphatic rings. The van der Waals surface area contributed by atoms with Crippen LogP contribution in [-0.4, -0.2) is 49.8 Å². The van der Waals surface area contributed by atoms with Crippen LogP contribution >= 0.6 is 0 Å². The predicted molar refractivity (Wildman–Crippen MR) is 55.3 cm³/mol. The molecule has 4 aliphatic heterocycles. The van der Waals surface area contributed by atoms with Crippen LogP contribution in [0.3, 0.4) is 0 Å². The molecular weight excluding hydrogens is 208 g/mol. The van der Waals surface area contributed by atoms with Crippen molar-refractivity contribution in [2.24, 2.45) is 0 Å². The molecule has 0 amide bonds. The van der Waals surface area contributed by atoms with E-state index in [1.807, 2.05) is 0 Å². The van der Waals surface area contributed by atoms with Crippen molar-refractivity contribution >= 4 is 0 Å². The van der Waals surface area contributed by atoms with Gasteiger partial charge in [-0.3, -0.25) is 0 Å². The largest absolute Gasteiger partial charge is 0.370 e. The third-order valence-electron chi connectivity index (χ3n) is 4.13. The van der Waals surface area contributed by atoms with E-state index in [1.54, 1.807) is 0 Å². The molecule has 4 rings (SSSR count). The van der Waals surface area contributed by atoms with Crippen molar-refractivity contribution in [2.75, 3.05) is 13.2 Å². The van der Waals surface area contributed by atoms with Gasteiger partial charge in [0.25, 0.3) is 0 Å². The van der Waals surface area contributed by atoms with Crippen molar-refractivity contribution in [2.45, 2.75) is 62.3 Å². The van der Waals surface area contributed by atoms with E-state index >= 15 is 0 Å². The summed E-state index contributed by atoms with van der Waals surface area (Å²) in [6.45, 7) is 1.78. The maximum Gasteiger partial charge on any atom is 0.107 e. The maximum absolute atomic E-state index is 6.03. The summed E-state index contributed by atoms with van der Waals surface area (Å²) >= 11 is 0. The fraction of sp³-hybridized carbons (Fsp3) is 1.00. The van der Waals surface area contributed by atoms with Gasteiger partial charge >= 0.3 is 0 Å². The van der Waals surface area contributed by atoms with E-state index in [-0.39, 0.29) is 0 Å². The molecule has 0 saturated carbocycles. The minimum Gasteiger partial charge on any atom is -0.370 e. The standard InChI is InChI=1S/C12H18O4/c1-3-9(11-5-13-11)15-7(1)8-2-4-10(16-8)12-6-14-12/h7-12H,1-6H2/t7-,8?,9?,10-,11+,12?/m0/s1. The van der Waals surface area contributed by atoms with E-state index in [0.29, 0.717) is 36.6 Å². The lowest BCUT2D eigenvalue weighted by Gasteiger charge is -2.19. The summed E-state index contributed by atoms with van der Waals surface area (Å²) in [5, 5.41) is 0. The van der Waals surface area contributed by atoms with E-state index < -0.39 is 0 Å². The molecule has 0 aromatic carbocycles. The third-order valence-corrected chi connectivity index (χ3v) is 4.13. The molecule has 4 heteroatoms. The Morgan fingerprint density at radius 2 is 0.812 bits per heavy atom. The topological polar surface area (TPSA) is 43.5 Å². The van der Waals surface area contributed by atoms with Gasteiger partial charge in [-0.25, -0.2) is 0 Å². The molecule has 0 radical (unpaired) electrons. The van der Waals surface area contributed by atoms with Gasteiger partial charge in [-0.1, -0.05) is 0 Å². The van der Waals surface area contributed by atoms with Crippen molar-refractivity contribution in [3.8, 4) is 0 Å². The summed E-state index contributed by atoms with van der Waals surface area (Å²) in [6, 6.07) is 0. The van der Waals surface area contributed by atoms with Crippen LogP contribution in [0.1, 0.15) is 25.7 Å². The zero-order chi connectivity index (χ0) is 10.5. The van der Waals surface area contributed by atoms with Crippen LogP contribution in [0.15, 0.2) is 0 Å². The van der Waals surface area contributed by atoms with Gasteiger partial charge in [0, 0.05) is 0 Å². The Morgan fingerprint density at radius 3 is 1.12 bits per heavy atom. The summed E-state index contributed by atoms with van der Waals surface area (Å²) in [7, 11) is 0. The molecular formula is C12H18O4. The molecule has 0 spiro atoms. The molecule has 0 aromatic rings. The maximum atomic E-state index is 6.03. The van der Waals surface area contributed by atoms with Gasteiger partial charge in [0.15, 0.2) is 0 Å². The fourth-order valence-electron chi connectivity index (χ4n) is 3.01. The number of ether oxygens (including phenoxy) is 4. The number of hydrogen-bond acceptors (Lipinski definition) is 4. The van der Waals surface area contributed by atoms with Crippen LogP contribution < -0.4 is 0 Å². The zero-order valence-corrected chi connectivity index (χ0v) is 9.34. The summed E-state index contributed by atoms with van der Waals surface area (Å²) in [5.74, 6) is 0. The lowest BCUT2D eigenvalue weighted by atomic mass is 10.1. The van der Waals surface area contributed by atoms with Gasteiger partial charge in [0.1, 0.15) is 12.2 Å². The Hall–Kier alpha value is -0.160. The van der Waals surface area contributed by atoms with E-state index in [2.05, 4.69) is 0 Å². The average molecular weight is 226 g/mol. The number of epoxide rings is 2. The molecule has 0 bridgehead atoms. The molecule has 90 valence electrons. The molecule has 0 aromatic heterocycles. The van der Waals surface area contributed by atoms with Gasteiger partial charge in [-0.15, -0.1) is 0 Å². The van der Waals surface area contributed by atoms with Crippen LogP contribution in [0.2, 0.25) is 0 Å². The highest BCUT2D eigenvalue weighted by Gasteiger charge is 2.46. The number of rotatable bonds is 3. The Labute approximate surface area is 95.2 Å². The van der Waals surface area contributed by atoms with Gasteiger partial charge in [0.2, 0.25) is 0 Å². The molecule has 0 aliphatic carbocycles. The first-order chi connectivity index (χ1) is 7.90. The lowest BCUT2D eigenvalue weighted by molar-refractivity contribution is -0.0732. The van der Waals surface area contributed by atoms with Crippen LogP contribution in [-0.2, 0) is 18.9 Å². The van der Waals surface area contributed by atoms with E-state index in [0.717, 1.165) is 38.9 Å². The SMILES string of the molecule is C1OC1[C@@H]1CCC([C@@H]2CCC([C@H]3CO3)O2)O1. The zero-order valence-electron chi connectivity index (χ0n) is 9.34. The van der Waals surface area contributed by atoms with E-state index in [9.17, 15) is 0 Å². The second-order valence-corrected chi connectivity index (χ2v) is 5.32. The highest BCUT2D eigenvalue weighted by Crippen LogP contribution is 2.37. The van der Waals surface area contributed by atoms with Crippen molar-refractivity contribution in [1.29, 1.82) is 0 Å². The smallest absolute Gasteiger partial charge is 0.107 e. The summed E-state index contributed by atoms with van der Waals surface area (Å²) in [5.41, 5.74) is 0. The average Bonchev–Trinajstić information content (AvgIpc) is 3.23. The molecule has 4 nitrogen and oxygen atoms in total. The number of hydrogen-bond donors (Lipinski definition) is 0. The first-order valence-corrected chi connectivity index (χ1v) is 6.44. The highest BCUT2D eigenvalue weighted by atomic mass is 16.6. The molecule has 6 atom stereocenters. The molecule has 4 heterocycles. The molecule has 3 unspecified atom stereocenters. The third kappa shape index (κ3) is 1.78. The fourth-order valence-corrected chi connectivity index (χ4v) is 3.01. The molecule has 16 heavy (non-hydrogen) atoms.